The zero-order chi connectivity index (χ0) is 12.3. The zero-order valence-corrected chi connectivity index (χ0v) is 10.7. The molecule has 2 aromatic rings. The van der Waals surface area contributed by atoms with E-state index in [0.29, 0.717) is 0 Å². The largest absolute Gasteiger partial charge is 0.459 e. The number of hydrogen-bond acceptors (Lipinski definition) is 3. The standard InChI is InChI=1S/C14H20N2O/c1-11(15-8-9-16(2)3)14-10-12-6-4-5-7-13(12)17-14/h4-7,10-11,15H,8-9H2,1-3H3. The van der Waals surface area contributed by atoms with Gasteiger partial charge in [-0.05, 0) is 33.2 Å². The summed E-state index contributed by atoms with van der Waals surface area (Å²) in [6.45, 7) is 4.13. The molecule has 0 fully saturated rings. The Morgan fingerprint density at radius 3 is 2.76 bits per heavy atom. The first-order valence-corrected chi connectivity index (χ1v) is 6.03. The fourth-order valence-corrected chi connectivity index (χ4v) is 1.82. The predicted octanol–water partition coefficient (Wildman–Crippen LogP) is 2.65. The zero-order valence-electron chi connectivity index (χ0n) is 10.7. The van der Waals surface area contributed by atoms with Crippen molar-refractivity contribution >= 4 is 11.0 Å². The third kappa shape index (κ3) is 3.08. The van der Waals surface area contributed by atoms with Crippen molar-refractivity contribution in [2.24, 2.45) is 0 Å². The number of benzene rings is 1. The van der Waals surface area contributed by atoms with E-state index >= 15 is 0 Å². The molecule has 3 heteroatoms. The highest BCUT2D eigenvalue weighted by Crippen LogP contribution is 2.23. The molecule has 2 rings (SSSR count). The minimum absolute atomic E-state index is 0.252. The van der Waals surface area contributed by atoms with Gasteiger partial charge in [0.05, 0.1) is 6.04 Å². The lowest BCUT2D eigenvalue weighted by Gasteiger charge is -2.14. The molecule has 1 atom stereocenters. The highest BCUT2D eigenvalue weighted by Gasteiger charge is 2.10. The number of nitrogens with zero attached hydrogens (tertiary/aromatic N) is 1. The summed E-state index contributed by atoms with van der Waals surface area (Å²) in [5, 5.41) is 4.63. The molecule has 92 valence electrons. The smallest absolute Gasteiger partial charge is 0.134 e. The summed E-state index contributed by atoms with van der Waals surface area (Å²) in [7, 11) is 4.15. The Morgan fingerprint density at radius 1 is 1.29 bits per heavy atom. The van der Waals surface area contributed by atoms with Crippen LogP contribution < -0.4 is 5.32 Å². The van der Waals surface area contributed by atoms with Crippen LogP contribution in [-0.2, 0) is 0 Å². The maximum absolute atomic E-state index is 5.81. The first-order chi connectivity index (χ1) is 8.16. The number of rotatable bonds is 5. The third-order valence-corrected chi connectivity index (χ3v) is 2.88. The van der Waals surface area contributed by atoms with E-state index in [0.717, 1.165) is 24.4 Å². The molecule has 0 aliphatic heterocycles. The van der Waals surface area contributed by atoms with E-state index in [1.54, 1.807) is 0 Å². The Hall–Kier alpha value is -1.32. The molecule has 0 saturated carbocycles. The van der Waals surface area contributed by atoms with Crippen LogP contribution in [0, 0.1) is 0 Å². The Bertz CT molecular complexity index is 443. The molecule has 1 aromatic carbocycles. The Balaban J connectivity index is 2.01. The number of para-hydroxylation sites is 1. The van der Waals surface area contributed by atoms with Gasteiger partial charge in [-0.25, -0.2) is 0 Å². The molecule has 1 heterocycles. The first-order valence-electron chi connectivity index (χ1n) is 6.03. The molecule has 3 nitrogen and oxygen atoms in total. The maximum Gasteiger partial charge on any atom is 0.134 e. The second-order valence-electron chi connectivity index (χ2n) is 4.67. The van der Waals surface area contributed by atoms with E-state index in [1.165, 1.54) is 5.39 Å². The molecule has 0 amide bonds. The fourth-order valence-electron chi connectivity index (χ4n) is 1.82. The van der Waals surface area contributed by atoms with Crippen LogP contribution >= 0.6 is 0 Å². The van der Waals surface area contributed by atoms with E-state index in [1.807, 2.05) is 18.2 Å². The quantitative estimate of drug-likeness (QED) is 0.859. The molecule has 17 heavy (non-hydrogen) atoms. The second kappa shape index (κ2) is 5.34. The van der Waals surface area contributed by atoms with Crippen molar-refractivity contribution in [3.05, 3.63) is 36.1 Å². The monoisotopic (exact) mass is 232 g/mol. The van der Waals surface area contributed by atoms with Crippen LogP contribution in [0.3, 0.4) is 0 Å². The molecule has 0 bridgehead atoms. The molecule has 0 aliphatic carbocycles. The highest BCUT2D eigenvalue weighted by molar-refractivity contribution is 5.77. The van der Waals surface area contributed by atoms with Crippen molar-refractivity contribution in [3.8, 4) is 0 Å². The normalized spacial score (nSPS) is 13.4. The Labute approximate surface area is 102 Å². The summed E-state index contributed by atoms with van der Waals surface area (Å²) in [4.78, 5) is 2.17. The molecule has 1 aromatic heterocycles. The van der Waals surface area contributed by atoms with Crippen LogP contribution in [0.4, 0.5) is 0 Å². The molecule has 0 aliphatic rings. The topological polar surface area (TPSA) is 28.4 Å². The van der Waals surface area contributed by atoms with Gasteiger partial charge in [0.15, 0.2) is 0 Å². The summed E-state index contributed by atoms with van der Waals surface area (Å²) >= 11 is 0. The molecule has 0 saturated heterocycles. The summed E-state index contributed by atoms with van der Waals surface area (Å²) in [6, 6.07) is 10.5. The van der Waals surface area contributed by atoms with Crippen LogP contribution in [0.5, 0.6) is 0 Å². The lowest BCUT2D eigenvalue weighted by molar-refractivity contribution is 0.375. The Kier molecular flexibility index (Phi) is 3.82. The van der Waals surface area contributed by atoms with Gasteiger partial charge in [0, 0.05) is 18.5 Å². The van der Waals surface area contributed by atoms with Gasteiger partial charge >= 0.3 is 0 Å². The van der Waals surface area contributed by atoms with Gasteiger partial charge in [-0.2, -0.15) is 0 Å². The first kappa shape index (κ1) is 12.1. The number of furan rings is 1. The fraction of sp³-hybridized carbons (Fsp3) is 0.429. The van der Waals surface area contributed by atoms with Gasteiger partial charge in [-0.15, -0.1) is 0 Å². The van der Waals surface area contributed by atoms with Gasteiger partial charge in [0.1, 0.15) is 11.3 Å². The summed E-state index contributed by atoms with van der Waals surface area (Å²) < 4.78 is 5.81. The molecule has 1 N–H and O–H groups in total. The average Bonchev–Trinajstić information content (AvgIpc) is 2.71. The predicted molar refractivity (Wildman–Crippen MR) is 71.2 cm³/mol. The summed E-state index contributed by atoms with van der Waals surface area (Å²) in [6.07, 6.45) is 0. The maximum atomic E-state index is 5.81. The van der Waals surface area contributed by atoms with E-state index in [-0.39, 0.29) is 6.04 Å². The number of likely N-dealkylation sites (N-methyl/N-ethyl adjacent to an activating group) is 1. The van der Waals surface area contributed by atoms with Gasteiger partial charge < -0.3 is 14.6 Å². The van der Waals surface area contributed by atoms with Gasteiger partial charge in [0.25, 0.3) is 0 Å². The van der Waals surface area contributed by atoms with Crippen molar-refractivity contribution in [1.82, 2.24) is 10.2 Å². The van der Waals surface area contributed by atoms with E-state index in [9.17, 15) is 0 Å². The van der Waals surface area contributed by atoms with Crippen LogP contribution in [0.15, 0.2) is 34.7 Å². The van der Waals surface area contributed by atoms with Crippen molar-refractivity contribution < 1.29 is 4.42 Å². The number of nitrogens with one attached hydrogen (secondary N) is 1. The average molecular weight is 232 g/mol. The molecule has 1 unspecified atom stereocenters. The summed E-state index contributed by atoms with van der Waals surface area (Å²) in [5.74, 6) is 1.00. The van der Waals surface area contributed by atoms with Gasteiger partial charge in [0.2, 0.25) is 0 Å². The van der Waals surface area contributed by atoms with E-state index < -0.39 is 0 Å². The number of hydrogen-bond donors (Lipinski definition) is 1. The van der Waals surface area contributed by atoms with Crippen LogP contribution in [0.2, 0.25) is 0 Å². The lowest BCUT2D eigenvalue weighted by Crippen LogP contribution is -2.28. The highest BCUT2D eigenvalue weighted by atomic mass is 16.3. The Morgan fingerprint density at radius 2 is 2.06 bits per heavy atom. The van der Waals surface area contributed by atoms with Gasteiger partial charge in [-0.3, -0.25) is 0 Å². The van der Waals surface area contributed by atoms with Crippen molar-refractivity contribution in [3.63, 3.8) is 0 Å². The number of fused-ring (bicyclic) bond motifs is 1. The lowest BCUT2D eigenvalue weighted by atomic mass is 10.2. The second-order valence-corrected chi connectivity index (χ2v) is 4.67. The SMILES string of the molecule is CC(NCCN(C)C)c1cc2ccccc2o1. The van der Waals surface area contributed by atoms with Crippen molar-refractivity contribution in [2.75, 3.05) is 27.2 Å². The van der Waals surface area contributed by atoms with Crippen LogP contribution in [0.1, 0.15) is 18.7 Å². The molecular formula is C14H20N2O. The third-order valence-electron chi connectivity index (χ3n) is 2.88. The molecule has 0 spiro atoms. The van der Waals surface area contributed by atoms with E-state index in [2.05, 4.69) is 43.4 Å². The van der Waals surface area contributed by atoms with E-state index in [4.69, 9.17) is 4.42 Å². The van der Waals surface area contributed by atoms with Crippen molar-refractivity contribution in [2.45, 2.75) is 13.0 Å². The van der Waals surface area contributed by atoms with Crippen LogP contribution in [-0.4, -0.2) is 32.1 Å². The molecular weight excluding hydrogens is 212 g/mol. The van der Waals surface area contributed by atoms with Gasteiger partial charge in [-0.1, -0.05) is 18.2 Å². The van der Waals surface area contributed by atoms with Crippen molar-refractivity contribution in [1.29, 1.82) is 0 Å². The minimum atomic E-state index is 0.252. The van der Waals surface area contributed by atoms with Crippen LogP contribution in [0.25, 0.3) is 11.0 Å². The summed E-state index contributed by atoms with van der Waals surface area (Å²) in [5.41, 5.74) is 0.962. The minimum Gasteiger partial charge on any atom is -0.459 e. The molecule has 0 radical (unpaired) electrons.